The number of hydrogen-bond donors (Lipinski definition) is 1. The second-order valence-corrected chi connectivity index (χ2v) is 7.65. The first kappa shape index (κ1) is 18.7. The summed E-state index contributed by atoms with van der Waals surface area (Å²) in [5.74, 6) is 0.437. The average Bonchev–Trinajstić information content (AvgIpc) is 3.22. The van der Waals surface area contributed by atoms with E-state index in [0.29, 0.717) is 23.0 Å². The summed E-state index contributed by atoms with van der Waals surface area (Å²) in [5.41, 5.74) is 0.942. The third-order valence-electron chi connectivity index (χ3n) is 5.69. The maximum Gasteiger partial charge on any atom is 0.261 e. The lowest BCUT2D eigenvalue weighted by atomic mass is 10.1. The largest absolute Gasteiger partial charge is 0.343 e. The zero-order valence-electron chi connectivity index (χ0n) is 16.1. The molecule has 1 fully saturated rings. The molecule has 0 bridgehead atoms. The van der Waals surface area contributed by atoms with Crippen LogP contribution in [0.25, 0.3) is 10.9 Å². The molecule has 2 aliphatic heterocycles. The van der Waals surface area contributed by atoms with Gasteiger partial charge >= 0.3 is 0 Å². The Kier molecular flexibility index (Phi) is 5.41. The van der Waals surface area contributed by atoms with E-state index in [1.54, 1.807) is 27.7 Å². The van der Waals surface area contributed by atoms with E-state index >= 15 is 0 Å². The van der Waals surface area contributed by atoms with Crippen molar-refractivity contribution in [1.29, 1.82) is 0 Å². The lowest BCUT2D eigenvalue weighted by Gasteiger charge is -2.17. The minimum atomic E-state index is -0.317. The molecule has 1 N–H and O–H groups in total. The van der Waals surface area contributed by atoms with Crippen LogP contribution in [-0.2, 0) is 17.8 Å². The summed E-state index contributed by atoms with van der Waals surface area (Å²) < 4.78 is 1.79. The zero-order valence-corrected chi connectivity index (χ0v) is 16.1. The Morgan fingerprint density at radius 1 is 1.00 bits per heavy atom. The van der Waals surface area contributed by atoms with Crippen molar-refractivity contribution in [2.24, 2.45) is 0 Å². The predicted octanol–water partition coefficient (Wildman–Crippen LogP) is 1.87. The first-order chi connectivity index (χ1) is 13.6. The van der Waals surface area contributed by atoms with Crippen LogP contribution in [0.3, 0.4) is 0 Å². The highest BCUT2D eigenvalue weighted by Crippen LogP contribution is 2.16. The molecule has 2 amide bonds. The van der Waals surface area contributed by atoms with Crippen molar-refractivity contribution in [3.05, 3.63) is 39.9 Å². The molecule has 7 nitrogen and oxygen atoms in total. The third kappa shape index (κ3) is 3.79. The van der Waals surface area contributed by atoms with E-state index in [9.17, 15) is 14.4 Å². The minimum Gasteiger partial charge on any atom is -0.343 e. The number of rotatable bonds is 3. The molecule has 28 heavy (non-hydrogen) atoms. The number of aryl methyl sites for hydroxylation is 1. The van der Waals surface area contributed by atoms with Crippen LogP contribution >= 0.6 is 0 Å². The van der Waals surface area contributed by atoms with Gasteiger partial charge in [0.1, 0.15) is 5.82 Å². The summed E-state index contributed by atoms with van der Waals surface area (Å²) in [6.07, 6.45) is 7.14. The van der Waals surface area contributed by atoms with Crippen LogP contribution in [0.1, 0.15) is 54.7 Å². The summed E-state index contributed by atoms with van der Waals surface area (Å²) in [5, 5.41) is 3.23. The second kappa shape index (κ2) is 8.12. The lowest BCUT2D eigenvalue weighted by molar-refractivity contribution is -0.129. The van der Waals surface area contributed by atoms with Gasteiger partial charge in [0.05, 0.1) is 17.4 Å². The van der Waals surface area contributed by atoms with Crippen molar-refractivity contribution in [2.45, 2.75) is 51.5 Å². The number of likely N-dealkylation sites (tertiary alicyclic amines) is 1. The molecule has 0 unspecified atom stereocenters. The van der Waals surface area contributed by atoms with E-state index in [-0.39, 0.29) is 23.9 Å². The molecule has 2 aromatic rings. The van der Waals surface area contributed by atoms with Crippen LogP contribution < -0.4 is 10.9 Å². The van der Waals surface area contributed by atoms with Gasteiger partial charge in [0.25, 0.3) is 11.5 Å². The molecule has 0 atom stereocenters. The fraction of sp³-hybridized carbons (Fsp3) is 0.524. The molecule has 1 aromatic carbocycles. The summed E-state index contributed by atoms with van der Waals surface area (Å²) in [4.78, 5) is 43.9. The molecule has 0 saturated carbocycles. The Hall–Kier alpha value is -2.70. The number of hydrogen-bond acceptors (Lipinski definition) is 4. The lowest BCUT2D eigenvalue weighted by Crippen LogP contribution is -2.38. The fourth-order valence-corrected chi connectivity index (χ4v) is 4.07. The smallest absolute Gasteiger partial charge is 0.261 e. The number of carbonyl (C=O) groups excluding carboxylic acids is 2. The Bertz CT molecular complexity index is 960. The Balaban J connectivity index is 1.55. The standard InChI is InChI=1S/C21H26N4O3/c26-19(24-10-5-6-11-24)14-22-20(27)15-8-9-16-17(13-15)23-18-7-3-1-2-4-12-25(18)21(16)28/h8-9,13H,1-7,10-12,14H2,(H,22,27). The Morgan fingerprint density at radius 3 is 2.57 bits per heavy atom. The molecule has 1 aromatic heterocycles. The molecule has 0 spiro atoms. The summed E-state index contributed by atoms with van der Waals surface area (Å²) in [7, 11) is 0. The van der Waals surface area contributed by atoms with Crippen molar-refractivity contribution < 1.29 is 9.59 Å². The topological polar surface area (TPSA) is 84.3 Å². The Labute approximate surface area is 163 Å². The number of amides is 2. The highest BCUT2D eigenvalue weighted by atomic mass is 16.2. The molecule has 2 aliphatic rings. The van der Waals surface area contributed by atoms with Crippen LogP contribution in [0.4, 0.5) is 0 Å². The van der Waals surface area contributed by atoms with Crippen LogP contribution in [0.5, 0.6) is 0 Å². The van der Waals surface area contributed by atoms with Gasteiger partial charge in [-0.05, 0) is 43.9 Å². The van der Waals surface area contributed by atoms with E-state index in [1.165, 1.54) is 0 Å². The van der Waals surface area contributed by atoms with Gasteiger partial charge in [-0.25, -0.2) is 4.98 Å². The van der Waals surface area contributed by atoms with E-state index in [0.717, 1.165) is 63.9 Å². The SMILES string of the molecule is O=C(NCC(=O)N1CCCC1)c1ccc2c(=O)n3c(nc2c1)CCCCCC3. The number of nitrogens with one attached hydrogen (secondary N) is 1. The van der Waals surface area contributed by atoms with Crippen molar-refractivity contribution in [3.63, 3.8) is 0 Å². The normalized spacial score (nSPS) is 17.1. The maximum absolute atomic E-state index is 12.9. The molecule has 0 radical (unpaired) electrons. The fourth-order valence-electron chi connectivity index (χ4n) is 4.07. The quantitative estimate of drug-likeness (QED) is 0.878. The molecule has 0 aliphatic carbocycles. The van der Waals surface area contributed by atoms with E-state index in [2.05, 4.69) is 10.3 Å². The number of carbonyl (C=O) groups is 2. The summed E-state index contributed by atoms with van der Waals surface area (Å²) >= 11 is 0. The molecule has 148 valence electrons. The zero-order chi connectivity index (χ0) is 19.5. The number of aromatic nitrogens is 2. The summed E-state index contributed by atoms with van der Waals surface area (Å²) in [6, 6.07) is 4.97. The first-order valence-electron chi connectivity index (χ1n) is 10.2. The van der Waals surface area contributed by atoms with E-state index in [1.807, 2.05) is 0 Å². The van der Waals surface area contributed by atoms with Gasteiger partial charge in [-0.3, -0.25) is 19.0 Å². The highest BCUT2D eigenvalue weighted by Gasteiger charge is 2.19. The van der Waals surface area contributed by atoms with Crippen LogP contribution in [0, 0.1) is 0 Å². The summed E-state index contributed by atoms with van der Waals surface area (Å²) in [6.45, 7) is 2.24. The number of benzene rings is 1. The van der Waals surface area contributed by atoms with Crippen LogP contribution in [-0.4, -0.2) is 45.9 Å². The van der Waals surface area contributed by atoms with Crippen molar-refractivity contribution in [1.82, 2.24) is 19.8 Å². The first-order valence-corrected chi connectivity index (χ1v) is 10.2. The van der Waals surface area contributed by atoms with E-state index < -0.39 is 0 Å². The van der Waals surface area contributed by atoms with Crippen molar-refractivity contribution in [2.75, 3.05) is 19.6 Å². The third-order valence-corrected chi connectivity index (χ3v) is 5.69. The Morgan fingerprint density at radius 2 is 1.75 bits per heavy atom. The van der Waals surface area contributed by atoms with Crippen molar-refractivity contribution >= 4 is 22.7 Å². The van der Waals surface area contributed by atoms with Crippen molar-refractivity contribution in [3.8, 4) is 0 Å². The van der Waals surface area contributed by atoms with Gasteiger partial charge in [0, 0.05) is 31.6 Å². The van der Waals surface area contributed by atoms with E-state index in [4.69, 9.17) is 0 Å². The van der Waals surface area contributed by atoms with Gasteiger partial charge < -0.3 is 10.2 Å². The van der Waals surface area contributed by atoms with Crippen LogP contribution in [0.2, 0.25) is 0 Å². The molecule has 3 heterocycles. The minimum absolute atomic E-state index is 0.00283. The molecular formula is C21H26N4O3. The number of fused-ring (bicyclic) bond motifs is 2. The van der Waals surface area contributed by atoms with Gasteiger partial charge in [0.2, 0.25) is 5.91 Å². The predicted molar refractivity (Wildman–Crippen MR) is 106 cm³/mol. The molecular weight excluding hydrogens is 356 g/mol. The van der Waals surface area contributed by atoms with Gasteiger partial charge in [0.15, 0.2) is 0 Å². The second-order valence-electron chi connectivity index (χ2n) is 7.65. The van der Waals surface area contributed by atoms with Gasteiger partial charge in [-0.1, -0.05) is 12.8 Å². The van der Waals surface area contributed by atoms with Crippen LogP contribution in [0.15, 0.2) is 23.0 Å². The molecule has 4 rings (SSSR count). The highest BCUT2D eigenvalue weighted by molar-refractivity contribution is 5.99. The number of nitrogens with zero attached hydrogens (tertiary/aromatic N) is 3. The van der Waals surface area contributed by atoms with Gasteiger partial charge in [-0.2, -0.15) is 0 Å². The molecule has 1 saturated heterocycles. The average molecular weight is 382 g/mol. The maximum atomic E-state index is 12.9. The van der Waals surface area contributed by atoms with Gasteiger partial charge in [-0.15, -0.1) is 0 Å². The monoisotopic (exact) mass is 382 g/mol. The molecule has 7 heteroatoms.